The van der Waals surface area contributed by atoms with Gasteiger partial charge < -0.3 is 15.7 Å². The van der Waals surface area contributed by atoms with Crippen LogP contribution in [0.25, 0.3) is 5.43 Å². The standard InChI is InChI=1S/C14H18N5O3S/c1-22-14-6-5-11(9-13(14)17-19-18-15)7-10-3-2-4-12(8-10)23(16,20)21/h2-6,8-9,18-19H,7,15H2,1H3,(H2,16,20,21)/q-1. The van der Waals surface area contributed by atoms with Gasteiger partial charge in [0, 0.05) is 0 Å². The number of nitrogens with two attached hydrogens (primary N) is 2. The number of rotatable bonds is 7. The van der Waals surface area contributed by atoms with Crippen LogP contribution in [0, 0.1) is 0 Å². The summed E-state index contributed by atoms with van der Waals surface area (Å²) < 4.78 is 28.0. The molecule has 0 aliphatic carbocycles. The molecule has 0 saturated heterocycles. The molecule has 23 heavy (non-hydrogen) atoms. The Labute approximate surface area is 134 Å². The summed E-state index contributed by atoms with van der Waals surface area (Å²) in [6.07, 6.45) is 0.520. The van der Waals surface area contributed by atoms with Crippen LogP contribution in [0.1, 0.15) is 11.1 Å². The van der Waals surface area contributed by atoms with E-state index in [4.69, 9.17) is 15.7 Å². The molecule has 0 aromatic heterocycles. The zero-order chi connectivity index (χ0) is 16.9. The van der Waals surface area contributed by atoms with Gasteiger partial charge >= 0.3 is 0 Å². The molecule has 0 bridgehead atoms. The molecule has 0 amide bonds. The number of primary sulfonamides is 1. The van der Waals surface area contributed by atoms with E-state index in [9.17, 15) is 8.42 Å². The predicted molar refractivity (Wildman–Crippen MR) is 87.1 cm³/mol. The largest absolute Gasteiger partial charge is 0.605 e. The Morgan fingerprint density at radius 1 is 1.17 bits per heavy atom. The van der Waals surface area contributed by atoms with Crippen LogP contribution in [0.5, 0.6) is 5.75 Å². The maximum atomic E-state index is 11.4. The zero-order valence-electron chi connectivity index (χ0n) is 12.5. The number of methoxy groups -OCH3 is 1. The Bertz CT molecular complexity index is 780. The molecule has 2 aromatic carbocycles. The van der Waals surface area contributed by atoms with Gasteiger partial charge in [0.25, 0.3) is 0 Å². The molecule has 0 radical (unpaired) electrons. The molecule has 2 aromatic rings. The molecule has 0 unspecified atom stereocenters. The minimum absolute atomic E-state index is 0.0856. The van der Waals surface area contributed by atoms with Crippen molar-refractivity contribution in [3.8, 4) is 5.75 Å². The maximum absolute atomic E-state index is 11.4. The van der Waals surface area contributed by atoms with Gasteiger partial charge in [0.15, 0.2) is 0 Å². The molecular formula is C14H18N5O3S-. The molecule has 2 rings (SSSR count). The molecule has 8 nitrogen and oxygen atoms in total. The molecule has 0 aliphatic rings. The van der Waals surface area contributed by atoms with E-state index < -0.39 is 10.0 Å². The van der Waals surface area contributed by atoms with Gasteiger partial charge in [0.2, 0.25) is 10.0 Å². The number of hydrogen-bond acceptors (Lipinski definition) is 6. The third kappa shape index (κ3) is 4.65. The molecule has 9 heteroatoms. The van der Waals surface area contributed by atoms with Crippen molar-refractivity contribution in [2.24, 2.45) is 11.0 Å². The fraction of sp³-hybridized carbons (Fsp3) is 0.143. The molecule has 0 atom stereocenters. The van der Waals surface area contributed by atoms with E-state index in [0.717, 1.165) is 11.1 Å². The Hall–Kier alpha value is -2.17. The summed E-state index contributed by atoms with van der Waals surface area (Å²) in [5.74, 6) is 5.70. The summed E-state index contributed by atoms with van der Waals surface area (Å²) in [6.45, 7) is 0. The smallest absolute Gasteiger partial charge is 0.238 e. The van der Waals surface area contributed by atoms with Crippen molar-refractivity contribution >= 4 is 15.7 Å². The van der Waals surface area contributed by atoms with E-state index in [0.29, 0.717) is 17.9 Å². The number of sulfonamides is 1. The number of hydrazine groups is 2. The highest BCUT2D eigenvalue weighted by molar-refractivity contribution is 7.89. The Balaban J connectivity index is 2.26. The third-order valence-corrected chi connectivity index (χ3v) is 4.03. The Kier molecular flexibility index (Phi) is 5.53. The van der Waals surface area contributed by atoms with Crippen molar-refractivity contribution in [2.45, 2.75) is 11.3 Å². The number of benzene rings is 2. The highest BCUT2D eigenvalue weighted by atomic mass is 32.2. The lowest BCUT2D eigenvalue weighted by molar-refractivity contribution is 0.416. The zero-order valence-corrected chi connectivity index (χ0v) is 13.3. The second-order valence-corrected chi connectivity index (χ2v) is 6.30. The van der Waals surface area contributed by atoms with E-state index >= 15 is 0 Å². The lowest BCUT2D eigenvalue weighted by Gasteiger charge is -2.25. The summed E-state index contributed by atoms with van der Waals surface area (Å²) in [4.78, 5) is 0.0856. The van der Waals surface area contributed by atoms with Crippen molar-refractivity contribution in [3.05, 3.63) is 59.0 Å². The minimum atomic E-state index is -3.72. The van der Waals surface area contributed by atoms with Crippen molar-refractivity contribution in [1.82, 2.24) is 11.1 Å². The van der Waals surface area contributed by atoms with Crippen LogP contribution < -0.4 is 26.8 Å². The van der Waals surface area contributed by atoms with Crippen molar-refractivity contribution in [3.63, 3.8) is 0 Å². The first kappa shape index (κ1) is 17.2. The normalized spacial score (nSPS) is 11.3. The van der Waals surface area contributed by atoms with Crippen molar-refractivity contribution in [1.29, 1.82) is 0 Å². The Morgan fingerprint density at radius 3 is 2.57 bits per heavy atom. The molecule has 0 aliphatic heterocycles. The first-order valence-corrected chi connectivity index (χ1v) is 8.18. The van der Waals surface area contributed by atoms with Crippen molar-refractivity contribution < 1.29 is 13.2 Å². The van der Waals surface area contributed by atoms with E-state index in [2.05, 4.69) is 16.5 Å². The summed E-state index contributed by atoms with van der Waals surface area (Å²) in [6, 6.07) is 12.0. The van der Waals surface area contributed by atoms with Crippen LogP contribution in [0.4, 0.5) is 5.69 Å². The van der Waals surface area contributed by atoms with E-state index in [1.165, 1.54) is 6.07 Å². The van der Waals surface area contributed by atoms with Gasteiger partial charge in [-0.3, -0.25) is 5.84 Å². The SMILES string of the molecule is COc1ccc(Cc2cccc(S(N)(=O)=O)c2)cc1[N-]NNN. The molecule has 0 heterocycles. The minimum Gasteiger partial charge on any atom is -0.605 e. The van der Waals surface area contributed by atoms with Gasteiger partial charge in [0.05, 0.1) is 12.0 Å². The molecule has 6 N–H and O–H groups in total. The second kappa shape index (κ2) is 7.40. The van der Waals surface area contributed by atoms with E-state index in [1.54, 1.807) is 25.3 Å². The lowest BCUT2D eigenvalue weighted by Crippen LogP contribution is -2.33. The first-order chi connectivity index (χ1) is 10.9. The number of hydrogen-bond donors (Lipinski definition) is 4. The third-order valence-electron chi connectivity index (χ3n) is 3.12. The number of nitrogens with one attached hydrogen (secondary N) is 2. The van der Waals surface area contributed by atoms with Crippen LogP contribution in [0.15, 0.2) is 47.4 Å². The quantitative estimate of drug-likeness (QED) is 0.437. The predicted octanol–water partition coefficient (Wildman–Crippen LogP) is 0.822. The molecule has 124 valence electrons. The van der Waals surface area contributed by atoms with E-state index in [1.807, 2.05) is 18.2 Å². The summed E-state index contributed by atoms with van der Waals surface area (Å²) in [5, 5.41) is 5.15. The van der Waals surface area contributed by atoms with Crippen LogP contribution in [-0.4, -0.2) is 15.5 Å². The number of ether oxygens (including phenoxy) is 1. The Morgan fingerprint density at radius 2 is 1.91 bits per heavy atom. The van der Waals surface area contributed by atoms with Crippen LogP contribution in [-0.2, 0) is 16.4 Å². The van der Waals surface area contributed by atoms with Gasteiger partial charge in [-0.25, -0.2) is 19.1 Å². The van der Waals surface area contributed by atoms with Gasteiger partial charge in [0.1, 0.15) is 5.75 Å². The first-order valence-electron chi connectivity index (χ1n) is 6.64. The highest BCUT2D eigenvalue weighted by Crippen LogP contribution is 2.31. The topological polar surface area (TPSA) is 134 Å². The fourth-order valence-electron chi connectivity index (χ4n) is 2.09. The van der Waals surface area contributed by atoms with Gasteiger partial charge in [-0.05, 0) is 35.7 Å². The molecule has 0 saturated carbocycles. The lowest BCUT2D eigenvalue weighted by atomic mass is 10.0. The maximum Gasteiger partial charge on any atom is 0.238 e. The average Bonchev–Trinajstić information content (AvgIpc) is 2.52. The van der Waals surface area contributed by atoms with Crippen molar-refractivity contribution in [2.75, 3.05) is 7.11 Å². The number of nitrogens with zero attached hydrogens (tertiary/aromatic N) is 1. The molecular weight excluding hydrogens is 318 g/mol. The highest BCUT2D eigenvalue weighted by Gasteiger charge is 2.08. The summed E-state index contributed by atoms with van der Waals surface area (Å²) in [7, 11) is -2.18. The molecule has 0 fully saturated rings. The second-order valence-electron chi connectivity index (χ2n) is 4.74. The van der Waals surface area contributed by atoms with Gasteiger partial charge in [-0.15, -0.1) is 0 Å². The molecule has 0 spiro atoms. The van der Waals surface area contributed by atoms with Crippen LogP contribution in [0.2, 0.25) is 0 Å². The fourth-order valence-corrected chi connectivity index (χ4v) is 2.68. The average molecular weight is 336 g/mol. The monoisotopic (exact) mass is 336 g/mol. The summed E-state index contributed by atoms with van der Waals surface area (Å²) >= 11 is 0. The summed E-state index contributed by atoms with van der Waals surface area (Å²) in [5.41, 5.74) is 11.0. The van der Waals surface area contributed by atoms with Crippen LogP contribution in [0.3, 0.4) is 0 Å². The van der Waals surface area contributed by atoms with Gasteiger partial charge in [-0.2, -0.15) is 0 Å². The van der Waals surface area contributed by atoms with Crippen LogP contribution >= 0.6 is 0 Å². The van der Waals surface area contributed by atoms with E-state index in [-0.39, 0.29) is 4.90 Å². The van der Waals surface area contributed by atoms with Gasteiger partial charge in [-0.1, -0.05) is 30.0 Å².